The molecular formula is C20H38FO3P. The minimum Gasteiger partial charge on any atom is -0.393 e. The van der Waals surface area contributed by atoms with Crippen molar-refractivity contribution < 1.29 is 19.1 Å². The molecule has 0 aliphatic heterocycles. The molecule has 0 saturated heterocycles. The molecule has 1 aliphatic carbocycles. The van der Waals surface area contributed by atoms with E-state index >= 15 is 0 Å². The number of hydrogen-bond acceptors (Lipinski definition) is 3. The quantitative estimate of drug-likeness (QED) is 0.271. The summed E-state index contributed by atoms with van der Waals surface area (Å²) < 4.78 is 19.5. The van der Waals surface area contributed by atoms with Crippen LogP contribution in [0.5, 0.6) is 0 Å². The Balaban J connectivity index is 2.53. The zero-order valence-corrected chi connectivity index (χ0v) is 17.1. The molecule has 6 unspecified atom stereocenters. The highest BCUT2D eigenvalue weighted by Gasteiger charge is 2.42. The van der Waals surface area contributed by atoms with Crippen molar-refractivity contribution in [2.24, 2.45) is 11.8 Å². The normalized spacial score (nSPS) is 29.4. The second kappa shape index (κ2) is 13.2. The van der Waals surface area contributed by atoms with Crippen LogP contribution in [0.15, 0.2) is 12.2 Å². The Kier molecular flexibility index (Phi) is 12.1. The number of halogens is 1. The van der Waals surface area contributed by atoms with Crippen LogP contribution in [0.25, 0.3) is 0 Å². The van der Waals surface area contributed by atoms with Crippen molar-refractivity contribution >= 4 is 9.47 Å². The lowest BCUT2D eigenvalue weighted by atomic mass is 9.85. The molecule has 3 nitrogen and oxygen atoms in total. The molecule has 0 bridgehead atoms. The summed E-state index contributed by atoms with van der Waals surface area (Å²) in [7, 11) is 2.30. The zero-order valence-electron chi connectivity index (χ0n) is 15.9. The molecule has 1 rings (SSSR count). The predicted molar refractivity (Wildman–Crippen MR) is 105 cm³/mol. The van der Waals surface area contributed by atoms with Crippen molar-refractivity contribution in [3.05, 3.63) is 12.2 Å². The molecule has 0 aromatic rings. The topological polar surface area (TPSA) is 49.7 Å². The summed E-state index contributed by atoms with van der Waals surface area (Å²) in [5.74, 6) is 0.292. The second-order valence-electron chi connectivity index (χ2n) is 7.46. The number of rotatable bonds is 13. The summed E-state index contributed by atoms with van der Waals surface area (Å²) in [5.41, 5.74) is 0. The third-order valence-electron chi connectivity index (χ3n) is 5.52. The van der Waals surface area contributed by atoms with Gasteiger partial charge in [-0.3, -0.25) is 0 Å². The molecule has 148 valence electrons. The summed E-state index contributed by atoms with van der Waals surface area (Å²) in [5, 5.41) is 20.5. The molecule has 0 aromatic carbocycles. The lowest BCUT2D eigenvalue weighted by molar-refractivity contribution is 0.0481. The lowest BCUT2D eigenvalue weighted by Crippen LogP contribution is -2.27. The number of aliphatic hydroxyl groups is 2. The van der Waals surface area contributed by atoms with Gasteiger partial charge in [0.1, 0.15) is 6.17 Å². The van der Waals surface area contributed by atoms with Gasteiger partial charge >= 0.3 is 0 Å². The summed E-state index contributed by atoms with van der Waals surface area (Å²) >= 11 is 0. The van der Waals surface area contributed by atoms with E-state index in [0.29, 0.717) is 25.7 Å². The zero-order chi connectivity index (χ0) is 18.7. The molecular weight excluding hydrogens is 338 g/mol. The maximum Gasteiger partial charge on any atom is 0.126 e. The first-order valence-corrected chi connectivity index (χ1v) is 10.5. The van der Waals surface area contributed by atoms with Gasteiger partial charge in [0.25, 0.3) is 0 Å². The number of alkyl halides is 1. The van der Waals surface area contributed by atoms with Crippen LogP contribution in [0.3, 0.4) is 0 Å². The highest BCUT2D eigenvalue weighted by atomic mass is 31.0. The number of allylic oxidation sites excluding steroid dienone is 2. The van der Waals surface area contributed by atoms with Crippen LogP contribution < -0.4 is 0 Å². The van der Waals surface area contributed by atoms with E-state index in [1.54, 1.807) is 0 Å². The second-order valence-corrected chi connectivity index (χ2v) is 7.73. The van der Waals surface area contributed by atoms with Crippen LogP contribution in [0.1, 0.15) is 78.1 Å². The van der Waals surface area contributed by atoms with Gasteiger partial charge in [-0.2, -0.15) is 0 Å². The van der Waals surface area contributed by atoms with Crippen molar-refractivity contribution in [2.45, 2.75) is 103 Å². The van der Waals surface area contributed by atoms with Gasteiger partial charge in [-0.1, -0.05) is 51.7 Å². The fourth-order valence-corrected chi connectivity index (χ4v) is 4.18. The number of hydrogen-bond donors (Lipinski definition) is 2. The molecule has 0 spiro atoms. The van der Waals surface area contributed by atoms with Crippen LogP contribution in [0.2, 0.25) is 0 Å². The SMILES string of the molecule is CCCC/C=C\CC1C(O)CC(OP)[C@@H]1CCC(O)C(F)CCCC. The van der Waals surface area contributed by atoms with E-state index < -0.39 is 12.3 Å². The molecule has 1 aliphatic rings. The third kappa shape index (κ3) is 8.03. The average Bonchev–Trinajstić information content (AvgIpc) is 2.92. The fourth-order valence-electron chi connectivity index (χ4n) is 3.87. The molecule has 2 N–H and O–H groups in total. The molecule has 25 heavy (non-hydrogen) atoms. The highest BCUT2D eigenvalue weighted by molar-refractivity contribution is 7.09. The van der Waals surface area contributed by atoms with Gasteiger partial charge in [-0.15, -0.1) is 0 Å². The number of aliphatic hydroxyl groups excluding tert-OH is 2. The van der Waals surface area contributed by atoms with E-state index in [1.165, 1.54) is 12.8 Å². The van der Waals surface area contributed by atoms with Gasteiger partial charge < -0.3 is 14.7 Å². The van der Waals surface area contributed by atoms with Gasteiger partial charge in [-0.05, 0) is 43.9 Å². The van der Waals surface area contributed by atoms with E-state index in [1.807, 2.05) is 6.92 Å². The summed E-state index contributed by atoms with van der Waals surface area (Å²) in [6, 6.07) is 0. The smallest absolute Gasteiger partial charge is 0.126 e. The monoisotopic (exact) mass is 376 g/mol. The standard InChI is InChI=1S/C20H38FO3P/c1-3-5-7-8-9-10-15-16(20(24-25)14-19(15)23)12-13-18(22)17(21)11-6-4-2/h8-9,15-20,22-23H,3-7,10-14,25H2,1-2H3/b9-8-/t15?,16-,17?,18?,19?,20?/m1/s1. The van der Waals surface area contributed by atoms with Crippen LogP contribution in [-0.2, 0) is 4.52 Å². The molecule has 7 atom stereocenters. The van der Waals surface area contributed by atoms with Crippen molar-refractivity contribution in [1.29, 1.82) is 0 Å². The van der Waals surface area contributed by atoms with E-state index in [-0.39, 0.29) is 24.0 Å². The highest BCUT2D eigenvalue weighted by Crippen LogP contribution is 2.41. The van der Waals surface area contributed by atoms with Crippen LogP contribution in [0.4, 0.5) is 4.39 Å². The predicted octanol–water partition coefficient (Wildman–Crippen LogP) is 4.96. The van der Waals surface area contributed by atoms with Crippen molar-refractivity contribution in [3.63, 3.8) is 0 Å². The maximum atomic E-state index is 14.0. The lowest BCUT2D eigenvalue weighted by Gasteiger charge is -2.25. The van der Waals surface area contributed by atoms with E-state index in [0.717, 1.165) is 25.7 Å². The van der Waals surface area contributed by atoms with Crippen LogP contribution in [-0.4, -0.2) is 34.7 Å². The minimum atomic E-state index is -1.14. The third-order valence-corrected chi connectivity index (χ3v) is 5.87. The van der Waals surface area contributed by atoms with Gasteiger partial charge in [0.05, 0.1) is 18.3 Å². The molecule has 0 radical (unpaired) electrons. The Bertz CT molecular complexity index is 367. The van der Waals surface area contributed by atoms with E-state index in [2.05, 4.69) is 28.5 Å². The van der Waals surface area contributed by atoms with Crippen LogP contribution >= 0.6 is 9.47 Å². The summed E-state index contributed by atoms with van der Waals surface area (Å²) in [6.45, 7) is 4.20. The Labute approximate surface area is 155 Å². The molecule has 1 fully saturated rings. The van der Waals surface area contributed by atoms with Crippen molar-refractivity contribution in [1.82, 2.24) is 0 Å². The Hall–Kier alpha value is -0.0200. The van der Waals surface area contributed by atoms with Gasteiger partial charge in [-0.25, -0.2) is 4.39 Å². The van der Waals surface area contributed by atoms with E-state index in [4.69, 9.17) is 4.52 Å². The largest absolute Gasteiger partial charge is 0.393 e. The summed E-state index contributed by atoms with van der Waals surface area (Å²) in [6.07, 6.45) is 10.1. The minimum absolute atomic E-state index is 0.0325. The molecule has 0 aromatic heterocycles. The molecule has 0 amide bonds. The molecule has 0 heterocycles. The Morgan fingerprint density at radius 1 is 1.16 bits per heavy atom. The van der Waals surface area contributed by atoms with Crippen LogP contribution in [0, 0.1) is 11.8 Å². The number of unbranched alkanes of at least 4 members (excludes halogenated alkanes) is 3. The van der Waals surface area contributed by atoms with Gasteiger partial charge in [0, 0.05) is 15.9 Å². The maximum absolute atomic E-state index is 14.0. The van der Waals surface area contributed by atoms with E-state index in [9.17, 15) is 14.6 Å². The Morgan fingerprint density at radius 3 is 2.52 bits per heavy atom. The molecule has 1 saturated carbocycles. The van der Waals surface area contributed by atoms with Crippen molar-refractivity contribution in [3.8, 4) is 0 Å². The van der Waals surface area contributed by atoms with Gasteiger partial charge in [0.2, 0.25) is 0 Å². The first-order valence-electron chi connectivity index (χ1n) is 10.1. The summed E-state index contributed by atoms with van der Waals surface area (Å²) in [4.78, 5) is 0. The first kappa shape index (κ1) is 23.0. The Morgan fingerprint density at radius 2 is 1.88 bits per heavy atom. The first-order chi connectivity index (χ1) is 12.0. The van der Waals surface area contributed by atoms with Crippen molar-refractivity contribution in [2.75, 3.05) is 0 Å². The fraction of sp³-hybridized carbons (Fsp3) is 0.900. The van der Waals surface area contributed by atoms with Gasteiger partial charge in [0.15, 0.2) is 0 Å². The average molecular weight is 376 g/mol. The molecule has 5 heteroatoms.